The van der Waals surface area contributed by atoms with Crippen LogP contribution in [-0.2, 0) is 0 Å². The summed E-state index contributed by atoms with van der Waals surface area (Å²) in [5, 5.41) is 20.1. The fourth-order valence-electron chi connectivity index (χ4n) is 6.09. The third-order valence-electron chi connectivity index (χ3n) is 7.93. The number of halogens is 1. The second kappa shape index (κ2) is 7.72. The molecule has 11 heteroatoms. The number of nitrogens with two attached hydrogens (primary N) is 1. The normalized spacial score (nSPS) is 21.3. The van der Waals surface area contributed by atoms with E-state index < -0.39 is 0 Å². The maximum atomic E-state index is 13.6. The first-order valence-electron chi connectivity index (χ1n) is 12.3. The lowest BCUT2D eigenvalue weighted by Crippen LogP contribution is -2.29. The Labute approximate surface area is 220 Å². The van der Waals surface area contributed by atoms with Crippen molar-refractivity contribution >= 4 is 39.6 Å². The van der Waals surface area contributed by atoms with Gasteiger partial charge >= 0.3 is 0 Å². The van der Waals surface area contributed by atoms with E-state index in [1.807, 2.05) is 35.0 Å². The van der Waals surface area contributed by atoms with Crippen molar-refractivity contribution in [2.45, 2.75) is 24.8 Å². The summed E-state index contributed by atoms with van der Waals surface area (Å²) in [6.45, 7) is 0. The van der Waals surface area contributed by atoms with Crippen molar-refractivity contribution in [1.29, 1.82) is 0 Å². The number of allylic oxidation sites excluding steroid dienone is 1. The van der Waals surface area contributed by atoms with E-state index in [2.05, 4.69) is 37.9 Å². The number of hydrogen-bond donors (Lipinski definition) is 2. The molecule has 0 amide bonds. The zero-order valence-corrected chi connectivity index (χ0v) is 20.7. The average Bonchev–Trinajstić information content (AvgIpc) is 3.35. The van der Waals surface area contributed by atoms with Gasteiger partial charge in [-0.15, -0.1) is 5.10 Å². The summed E-state index contributed by atoms with van der Waals surface area (Å²) in [4.78, 5) is 18.4. The zero-order chi connectivity index (χ0) is 25.5. The van der Waals surface area contributed by atoms with Crippen LogP contribution in [0.15, 0.2) is 70.8 Å². The van der Waals surface area contributed by atoms with Gasteiger partial charge in [-0.1, -0.05) is 17.7 Å². The maximum absolute atomic E-state index is 13.6. The third kappa shape index (κ3) is 3.13. The van der Waals surface area contributed by atoms with Crippen molar-refractivity contribution in [2.24, 2.45) is 10.9 Å². The second-order valence-electron chi connectivity index (χ2n) is 10.1. The first-order valence-corrected chi connectivity index (χ1v) is 12.7. The van der Waals surface area contributed by atoms with Gasteiger partial charge in [0.25, 0.3) is 5.56 Å². The van der Waals surface area contributed by atoms with E-state index in [1.165, 1.54) is 6.33 Å². The Morgan fingerprint density at radius 2 is 2.00 bits per heavy atom. The van der Waals surface area contributed by atoms with Crippen LogP contribution >= 0.6 is 11.6 Å². The minimum absolute atomic E-state index is 0.0322. The molecule has 0 bridgehead atoms. The van der Waals surface area contributed by atoms with Crippen molar-refractivity contribution in [1.82, 2.24) is 35.0 Å². The molecule has 3 aromatic heterocycles. The summed E-state index contributed by atoms with van der Waals surface area (Å²) in [7, 11) is 0. The van der Waals surface area contributed by atoms with E-state index in [9.17, 15) is 4.79 Å². The van der Waals surface area contributed by atoms with Gasteiger partial charge in [0.1, 0.15) is 6.33 Å². The summed E-state index contributed by atoms with van der Waals surface area (Å²) in [6, 6.07) is 15.3. The van der Waals surface area contributed by atoms with Gasteiger partial charge in [0.15, 0.2) is 5.82 Å². The molecule has 38 heavy (non-hydrogen) atoms. The molecule has 186 valence electrons. The van der Waals surface area contributed by atoms with E-state index in [0.717, 1.165) is 56.7 Å². The fraction of sp³-hybridized carbons (Fsp3) is 0.185. The van der Waals surface area contributed by atoms with Crippen LogP contribution in [0.1, 0.15) is 36.1 Å². The summed E-state index contributed by atoms with van der Waals surface area (Å²) in [5.74, 6) is 1.23. The van der Waals surface area contributed by atoms with E-state index >= 15 is 0 Å². The molecule has 0 spiro atoms. The van der Waals surface area contributed by atoms with Crippen LogP contribution < -0.4 is 11.3 Å². The molecular formula is C27H20ClN9O. The molecule has 2 aliphatic heterocycles. The minimum atomic E-state index is -0.0390. The van der Waals surface area contributed by atoms with Crippen LogP contribution in [-0.4, -0.2) is 40.7 Å². The molecule has 10 nitrogen and oxygen atoms in total. The highest BCUT2D eigenvalue weighted by Crippen LogP contribution is 2.60. The van der Waals surface area contributed by atoms with E-state index in [0.29, 0.717) is 29.1 Å². The largest absolute Gasteiger partial charge is 0.382 e. The van der Waals surface area contributed by atoms with Crippen LogP contribution in [0.4, 0.5) is 5.82 Å². The SMILES string of the molecule is Nc1n[nH]c2cc(C3=CN=C([C@@H]4[C@H]5C[C@H]5c5cc(-c6cc(Cl)ccc6-n6cnnn6)cc(=O)n54)C3)ccc12. The zero-order valence-electron chi connectivity index (χ0n) is 19.9. The van der Waals surface area contributed by atoms with Crippen LogP contribution in [0.5, 0.6) is 0 Å². The minimum Gasteiger partial charge on any atom is -0.382 e. The number of aromatic amines is 1. The van der Waals surface area contributed by atoms with Gasteiger partial charge in [0.2, 0.25) is 0 Å². The Kier molecular flexibility index (Phi) is 4.37. The van der Waals surface area contributed by atoms with Gasteiger partial charge < -0.3 is 10.3 Å². The van der Waals surface area contributed by atoms with Crippen LogP contribution in [0, 0.1) is 5.92 Å². The molecule has 8 rings (SSSR count). The lowest BCUT2D eigenvalue weighted by Gasteiger charge is -2.20. The molecule has 3 aliphatic rings. The van der Waals surface area contributed by atoms with Gasteiger partial charge in [-0.05, 0) is 75.9 Å². The lowest BCUT2D eigenvalue weighted by molar-refractivity contribution is 0.584. The second-order valence-corrected chi connectivity index (χ2v) is 10.5. The highest BCUT2D eigenvalue weighted by molar-refractivity contribution is 6.31. The predicted octanol–water partition coefficient (Wildman–Crippen LogP) is 4.15. The van der Waals surface area contributed by atoms with Crippen molar-refractivity contribution in [3.05, 3.63) is 87.7 Å². The average molecular weight is 522 g/mol. The van der Waals surface area contributed by atoms with Crippen molar-refractivity contribution in [3.63, 3.8) is 0 Å². The van der Waals surface area contributed by atoms with Crippen LogP contribution in [0.2, 0.25) is 5.02 Å². The summed E-state index contributed by atoms with van der Waals surface area (Å²) in [6.07, 6.45) is 5.21. The van der Waals surface area contributed by atoms with Crippen LogP contribution in [0.25, 0.3) is 33.3 Å². The summed E-state index contributed by atoms with van der Waals surface area (Å²) < 4.78 is 3.52. The number of anilines is 1. The van der Waals surface area contributed by atoms with Crippen molar-refractivity contribution in [3.8, 4) is 16.8 Å². The van der Waals surface area contributed by atoms with Crippen LogP contribution in [0.3, 0.4) is 0 Å². The monoisotopic (exact) mass is 521 g/mol. The first-order chi connectivity index (χ1) is 18.5. The van der Waals surface area contributed by atoms with Crippen molar-refractivity contribution in [2.75, 3.05) is 5.73 Å². The molecule has 5 aromatic rings. The molecule has 0 saturated heterocycles. The van der Waals surface area contributed by atoms with E-state index in [1.54, 1.807) is 16.8 Å². The van der Waals surface area contributed by atoms with Gasteiger partial charge in [-0.25, -0.2) is 0 Å². The smallest absolute Gasteiger partial charge is 0.251 e. The number of fused-ring (bicyclic) bond motifs is 4. The Balaban J connectivity index is 1.14. The molecule has 3 atom stereocenters. The number of aromatic nitrogens is 7. The van der Waals surface area contributed by atoms with Gasteiger partial charge in [-0.3, -0.25) is 14.9 Å². The molecular weight excluding hydrogens is 502 g/mol. The molecule has 5 heterocycles. The Bertz CT molecular complexity index is 1900. The lowest BCUT2D eigenvalue weighted by atomic mass is 9.97. The predicted molar refractivity (Wildman–Crippen MR) is 144 cm³/mol. The Morgan fingerprint density at radius 1 is 1.08 bits per heavy atom. The summed E-state index contributed by atoms with van der Waals surface area (Å²) in [5.41, 5.74) is 13.4. The van der Waals surface area contributed by atoms with Gasteiger partial charge in [0, 0.05) is 52.0 Å². The maximum Gasteiger partial charge on any atom is 0.251 e. The number of nitrogens with zero attached hydrogens (tertiary/aromatic N) is 7. The van der Waals surface area contributed by atoms with Gasteiger partial charge in [0.05, 0.1) is 17.2 Å². The number of tetrazole rings is 1. The quantitative estimate of drug-likeness (QED) is 0.365. The molecule has 3 N–H and O–H groups in total. The molecule has 1 saturated carbocycles. The number of pyridine rings is 1. The number of nitrogens with one attached hydrogen (secondary N) is 1. The Morgan fingerprint density at radius 3 is 2.87 bits per heavy atom. The number of H-pyrrole nitrogens is 1. The third-order valence-corrected chi connectivity index (χ3v) is 8.16. The standard InChI is InChI=1S/C27H20ClN9O/c28-16-2-4-23(36-12-31-34-35-36)18(9-16)14-7-24-19-10-20(19)26(37(24)25(38)8-14)22-6-15(11-30-22)13-1-3-17-21(5-13)32-33-27(17)29/h1-5,7-9,11-12,19-20,26H,6,10H2,(H3,29,32,33)/t19-,20+,26+/m1/s1. The highest BCUT2D eigenvalue weighted by Gasteiger charge is 2.54. The molecule has 1 fully saturated rings. The number of hydrogen-bond acceptors (Lipinski definition) is 7. The number of aliphatic imine (C=N–C) groups is 1. The molecule has 1 aliphatic carbocycles. The van der Waals surface area contributed by atoms with Gasteiger partial charge in [-0.2, -0.15) is 9.78 Å². The topological polar surface area (TPSA) is 133 Å². The highest BCUT2D eigenvalue weighted by atomic mass is 35.5. The number of benzene rings is 2. The molecule has 0 unspecified atom stereocenters. The van der Waals surface area contributed by atoms with E-state index in [4.69, 9.17) is 22.3 Å². The number of nitrogen functional groups attached to an aromatic ring is 1. The number of rotatable bonds is 4. The van der Waals surface area contributed by atoms with E-state index in [-0.39, 0.29) is 11.6 Å². The molecule has 2 aromatic carbocycles. The van der Waals surface area contributed by atoms with Crippen molar-refractivity contribution < 1.29 is 0 Å². The first kappa shape index (κ1) is 21.5. The Hall–Kier alpha value is -4.57. The molecule has 0 radical (unpaired) electrons. The fourth-order valence-corrected chi connectivity index (χ4v) is 6.26. The summed E-state index contributed by atoms with van der Waals surface area (Å²) >= 11 is 6.35.